The van der Waals surface area contributed by atoms with Gasteiger partial charge < -0.3 is 15.0 Å². The van der Waals surface area contributed by atoms with E-state index in [0.717, 1.165) is 22.0 Å². The molecule has 2 aromatic carbocycles. The van der Waals surface area contributed by atoms with Crippen molar-refractivity contribution in [1.82, 2.24) is 30.5 Å². The first kappa shape index (κ1) is 20.3. The van der Waals surface area contributed by atoms with Gasteiger partial charge in [-0.3, -0.25) is 4.79 Å². The Morgan fingerprint density at radius 3 is 2.71 bits per heavy atom. The van der Waals surface area contributed by atoms with Gasteiger partial charge in [0.2, 0.25) is 0 Å². The molecule has 0 saturated carbocycles. The van der Waals surface area contributed by atoms with E-state index < -0.39 is 12.0 Å². The number of fused-ring (bicyclic) bond motifs is 1. The number of hydrogen-bond donors (Lipinski definition) is 2. The predicted octanol–water partition coefficient (Wildman–Crippen LogP) is 1.84. The molecule has 2 aromatic heterocycles. The van der Waals surface area contributed by atoms with Gasteiger partial charge in [-0.1, -0.05) is 48.5 Å². The topological polar surface area (TPSA) is 115 Å². The number of carbonyl (C=O) groups excluding carboxylic acids is 2. The van der Waals surface area contributed by atoms with E-state index in [1.165, 1.54) is 11.0 Å². The average molecular weight is 418 g/mol. The smallest absolute Gasteiger partial charge is 0.331 e. The fraction of sp³-hybridized carbons (Fsp3) is 0.227. The first-order chi connectivity index (χ1) is 15.2. The largest absolute Gasteiger partial charge is 0.454 e. The lowest BCUT2D eigenvalue weighted by molar-refractivity contribution is -0.152. The lowest BCUT2D eigenvalue weighted by Gasteiger charge is -2.15. The van der Waals surface area contributed by atoms with Crippen LogP contribution in [0.15, 0.2) is 67.1 Å². The van der Waals surface area contributed by atoms with Crippen LogP contribution in [-0.4, -0.2) is 50.2 Å². The Kier molecular flexibility index (Phi) is 6.32. The molecule has 158 valence electrons. The molecular formula is C22H22N6O3. The Labute approximate surface area is 178 Å². The van der Waals surface area contributed by atoms with Crippen molar-refractivity contribution >= 4 is 22.8 Å². The quantitative estimate of drug-likeness (QED) is 0.401. The second-order valence-electron chi connectivity index (χ2n) is 7.06. The highest BCUT2D eigenvalue weighted by molar-refractivity contribution is 5.83. The zero-order chi connectivity index (χ0) is 21.5. The number of hydrogen-bond acceptors (Lipinski definition) is 6. The van der Waals surface area contributed by atoms with Crippen LogP contribution < -0.4 is 5.32 Å². The van der Waals surface area contributed by atoms with Gasteiger partial charge in [0, 0.05) is 30.1 Å². The van der Waals surface area contributed by atoms with Gasteiger partial charge >= 0.3 is 5.97 Å². The fourth-order valence-corrected chi connectivity index (χ4v) is 3.39. The van der Waals surface area contributed by atoms with Crippen molar-refractivity contribution in [2.75, 3.05) is 13.2 Å². The van der Waals surface area contributed by atoms with Gasteiger partial charge in [-0.15, -0.1) is 5.10 Å². The van der Waals surface area contributed by atoms with Crippen LogP contribution in [0.3, 0.4) is 0 Å². The number of H-pyrrole nitrogens is 1. The molecule has 31 heavy (non-hydrogen) atoms. The van der Waals surface area contributed by atoms with E-state index in [1.54, 1.807) is 0 Å². The molecule has 0 fully saturated rings. The molecule has 4 aromatic rings. The second kappa shape index (κ2) is 9.66. The van der Waals surface area contributed by atoms with E-state index in [9.17, 15) is 9.59 Å². The lowest BCUT2D eigenvalue weighted by Crippen LogP contribution is -2.33. The number of carbonyl (C=O) groups is 2. The van der Waals surface area contributed by atoms with E-state index in [4.69, 9.17) is 4.74 Å². The molecule has 9 heteroatoms. The molecule has 1 atom stereocenters. The van der Waals surface area contributed by atoms with Crippen molar-refractivity contribution in [2.45, 2.75) is 18.9 Å². The molecule has 9 nitrogen and oxygen atoms in total. The summed E-state index contributed by atoms with van der Waals surface area (Å²) >= 11 is 0. The van der Waals surface area contributed by atoms with E-state index in [2.05, 4.69) is 25.8 Å². The van der Waals surface area contributed by atoms with Crippen LogP contribution in [0, 0.1) is 0 Å². The molecule has 0 aliphatic rings. The third kappa shape index (κ3) is 5.13. The summed E-state index contributed by atoms with van der Waals surface area (Å²) in [6.45, 7) is 0.0821. The average Bonchev–Trinajstić information content (AvgIpc) is 3.47. The Hall–Kier alpha value is -4.01. The number of amides is 1. The van der Waals surface area contributed by atoms with Gasteiger partial charge in [0.05, 0.1) is 0 Å². The summed E-state index contributed by atoms with van der Waals surface area (Å²) in [5.41, 5.74) is 3.11. The summed E-state index contributed by atoms with van der Waals surface area (Å²) in [4.78, 5) is 28.0. The van der Waals surface area contributed by atoms with Crippen molar-refractivity contribution in [3.8, 4) is 0 Å². The van der Waals surface area contributed by atoms with Gasteiger partial charge in [0.1, 0.15) is 6.33 Å². The highest BCUT2D eigenvalue weighted by atomic mass is 16.5. The summed E-state index contributed by atoms with van der Waals surface area (Å²) in [5.74, 6) is -0.925. The number of aromatic amines is 1. The SMILES string of the molecule is O=C(COC(=O)[C@@H](Cc1ccccc1)n1cnnn1)NCCc1c[nH]c2ccccc12. The molecule has 2 heterocycles. The van der Waals surface area contributed by atoms with Gasteiger partial charge in [-0.2, -0.15) is 0 Å². The number of aromatic nitrogens is 5. The summed E-state index contributed by atoms with van der Waals surface area (Å²) in [7, 11) is 0. The normalized spacial score (nSPS) is 11.9. The monoisotopic (exact) mass is 418 g/mol. The van der Waals surface area contributed by atoms with E-state index >= 15 is 0 Å². The first-order valence-electron chi connectivity index (χ1n) is 9.95. The predicted molar refractivity (Wildman–Crippen MR) is 113 cm³/mol. The van der Waals surface area contributed by atoms with Crippen molar-refractivity contribution in [2.24, 2.45) is 0 Å². The number of esters is 1. The zero-order valence-corrected chi connectivity index (χ0v) is 16.8. The Bertz CT molecular complexity index is 1140. The summed E-state index contributed by atoms with van der Waals surface area (Å²) in [6, 6.07) is 16.7. The van der Waals surface area contributed by atoms with Crippen LogP contribution in [0.1, 0.15) is 17.2 Å². The van der Waals surface area contributed by atoms with Gasteiger partial charge in [-0.05, 0) is 34.0 Å². The maximum absolute atomic E-state index is 12.6. The third-order valence-electron chi connectivity index (χ3n) is 4.97. The summed E-state index contributed by atoms with van der Waals surface area (Å²) in [6.07, 6.45) is 4.32. The van der Waals surface area contributed by atoms with Gasteiger partial charge in [0.15, 0.2) is 12.6 Å². The summed E-state index contributed by atoms with van der Waals surface area (Å²) in [5, 5.41) is 14.9. The van der Waals surface area contributed by atoms with Crippen LogP contribution in [-0.2, 0) is 27.2 Å². The highest BCUT2D eigenvalue weighted by Gasteiger charge is 2.24. The number of para-hydroxylation sites is 1. The minimum atomic E-state index is -0.753. The Morgan fingerprint density at radius 2 is 1.90 bits per heavy atom. The molecule has 0 bridgehead atoms. The second-order valence-corrected chi connectivity index (χ2v) is 7.06. The number of nitrogens with zero attached hydrogens (tertiary/aromatic N) is 4. The molecule has 1 amide bonds. The lowest BCUT2D eigenvalue weighted by atomic mass is 10.1. The molecule has 0 spiro atoms. The highest BCUT2D eigenvalue weighted by Crippen LogP contribution is 2.18. The van der Waals surface area contributed by atoms with E-state index in [0.29, 0.717) is 19.4 Å². The van der Waals surface area contributed by atoms with Crippen molar-refractivity contribution in [1.29, 1.82) is 0 Å². The number of rotatable bonds is 9. The molecule has 0 unspecified atom stereocenters. The van der Waals surface area contributed by atoms with Crippen LogP contribution in [0.2, 0.25) is 0 Å². The molecule has 0 aliphatic heterocycles. The fourth-order valence-electron chi connectivity index (χ4n) is 3.39. The maximum atomic E-state index is 12.6. The Morgan fingerprint density at radius 1 is 1.10 bits per heavy atom. The first-order valence-corrected chi connectivity index (χ1v) is 9.95. The van der Waals surface area contributed by atoms with E-state index in [-0.39, 0.29) is 12.5 Å². The number of ether oxygens (including phenoxy) is 1. The number of nitrogens with one attached hydrogen (secondary N) is 2. The molecule has 0 aliphatic carbocycles. The van der Waals surface area contributed by atoms with Crippen LogP contribution in [0.5, 0.6) is 0 Å². The third-order valence-corrected chi connectivity index (χ3v) is 4.97. The molecular weight excluding hydrogens is 396 g/mol. The molecule has 4 rings (SSSR count). The maximum Gasteiger partial charge on any atom is 0.331 e. The van der Waals surface area contributed by atoms with Gasteiger partial charge in [0.25, 0.3) is 5.91 Å². The molecule has 0 saturated heterocycles. The van der Waals surface area contributed by atoms with Crippen LogP contribution in [0.25, 0.3) is 10.9 Å². The zero-order valence-electron chi connectivity index (χ0n) is 16.8. The van der Waals surface area contributed by atoms with Crippen molar-refractivity contribution < 1.29 is 14.3 Å². The van der Waals surface area contributed by atoms with Crippen molar-refractivity contribution in [3.05, 3.63) is 78.2 Å². The van der Waals surface area contributed by atoms with Crippen molar-refractivity contribution in [3.63, 3.8) is 0 Å². The molecule has 0 radical (unpaired) electrons. The summed E-state index contributed by atoms with van der Waals surface area (Å²) < 4.78 is 6.58. The number of benzene rings is 2. The van der Waals surface area contributed by atoms with E-state index in [1.807, 2.05) is 60.8 Å². The number of tetrazole rings is 1. The molecule has 2 N–H and O–H groups in total. The van der Waals surface area contributed by atoms with Gasteiger partial charge in [-0.25, -0.2) is 9.48 Å². The minimum absolute atomic E-state index is 0.354. The Balaban J connectivity index is 1.28. The van der Waals surface area contributed by atoms with Crippen LogP contribution >= 0.6 is 0 Å². The standard InChI is InChI=1S/C22H22N6O3/c29-21(23-11-10-17-13-24-19-9-5-4-8-18(17)19)14-31-22(30)20(28-15-25-26-27-28)12-16-6-2-1-3-7-16/h1-9,13,15,20,24H,10-12,14H2,(H,23,29)/t20-/m1/s1. The van der Waals surface area contributed by atoms with Crippen LogP contribution in [0.4, 0.5) is 0 Å². The minimum Gasteiger partial charge on any atom is -0.454 e.